The molecule has 0 spiro atoms. The van der Waals surface area contributed by atoms with Gasteiger partial charge >= 0.3 is 0 Å². The van der Waals surface area contributed by atoms with Crippen LogP contribution in [0.5, 0.6) is 0 Å². The number of amides is 1. The first kappa shape index (κ1) is 16.7. The molecule has 1 amide bonds. The molecule has 0 bridgehead atoms. The van der Waals surface area contributed by atoms with Crippen molar-refractivity contribution in [1.29, 1.82) is 0 Å². The van der Waals surface area contributed by atoms with Crippen molar-refractivity contribution in [3.63, 3.8) is 0 Å². The Hall–Kier alpha value is -1.35. The van der Waals surface area contributed by atoms with Crippen LogP contribution in [-0.2, 0) is 10.2 Å². The van der Waals surface area contributed by atoms with Crippen molar-refractivity contribution >= 4 is 5.91 Å². The number of benzene rings is 1. The fraction of sp³-hybridized carbons (Fsp3) is 0.588. The van der Waals surface area contributed by atoms with Gasteiger partial charge in [0.2, 0.25) is 5.91 Å². The van der Waals surface area contributed by atoms with Crippen molar-refractivity contribution in [3.8, 4) is 0 Å². The largest absolute Gasteiger partial charge is 0.354 e. The lowest BCUT2D eigenvalue weighted by Crippen LogP contribution is -2.48. The van der Waals surface area contributed by atoms with E-state index in [4.69, 9.17) is 5.73 Å². The molecule has 1 rings (SSSR count). The molecular formula is C17H28N2O. The van der Waals surface area contributed by atoms with Crippen molar-refractivity contribution in [2.24, 2.45) is 11.7 Å². The third-order valence-electron chi connectivity index (χ3n) is 4.14. The zero-order chi connectivity index (χ0) is 15.3. The lowest BCUT2D eigenvalue weighted by molar-refractivity contribution is -0.123. The van der Waals surface area contributed by atoms with E-state index in [2.05, 4.69) is 45.1 Å². The van der Waals surface area contributed by atoms with Crippen molar-refractivity contribution < 1.29 is 4.79 Å². The van der Waals surface area contributed by atoms with E-state index in [0.29, 0.717) is 6.54 Å². The van der Waals surface area contributed by atoms with Crippen LogP contribution in [0.25, 0.3) is 0 Å². The summed E-state index contributed by atoms with van der Waals surface area (Å²) in [6, 6.07) is 7.87. The number of nitrogens with one attached hydrogen (secondary N) is 1. The van der Waals surface area contributed by atoms with E-state index in [1.807, 2.05) is 19.1 Å². The smallest absolute Gasteiger partial charge is 0.237 e. The van der Waals surface area contributed by atoms with E-state index in [9.17, 15) is 4.79 Å². The molecule has 0 heterocycles. The van der Waals surface area contributed by atoms with Crippen LogP contribution in [0.4, 0.5) is 0 Å². The van der Waals surface area contributed by atoms with Crippen molar-refractivity contribution in [1.82, 2.24) is 5.32 Å². The summed E-state index contributed by atoms with van der Waals surface area (Å²) in [5.41, 5.74) is 8.37. The van der Waals surface area contributed by atoms with Crippen LogP contribution in [0, 0.1) is 12.8 Å². The second-order valence-corrected chi connectivity index (χ2v) is 6.33. The Morgan fingerprint density at radius 3 is 2.50 bits per heavy atom. The van der Waals surface area contributed by atoms with E-state index in [1.54, 1.807) is 0 Å². The predicted octanol–water partition coefficient (Wildman–Crippen LogP) is 2.76. The molecule has 0 radical (unpaired) electrons. The standard InChI is InChI=1S/C17H28N2O/c1-6-12(2)15(18)16(20)19-11-17(4,5)14-10-8-7-9-13(14)3/h7-10,12,15H,6,11,18H2,1-5H3,(H,19,20). The monoisotopic (exact) mass is 276 g/mol. The molecule has 0 aliphatic heterocycles. The fourth-order valence-corrected chi connectivity index (χ4v) is 2.37. The topological polar surface area (TPSA) is 55.1 Å². The van der Waals surface area contributed by atoms with E-state index >= 15 is 0 Å². The van der Waals surface area contributed by atoms with Gasteiger partial charge in [-0.15, -0.1) is 0 Å². The maximum Gasteiger partial charge on any atom is 0.237 e. The number of rotatable bonds is 6. The van der Waals surface area contributed by atoms with Gasteiger partial charge in [0.1, 0.15) is 0 Å². The molecule has 3 nitrogen and oxygen atoms in total. The van der Waals surface area contributed by atoms with Crippen LogP contribution in [0.15, 0.2) is 24.3 Å². The summed E-state index contributed by atoms with van der Waals surface area (Å²) in [5.74, 6) is 0.151. The maximum atomic E-state index is 12.1. The van der Waals surface area contributed by atoms with Gasteiger partial charge in [0.15, 0.2) is 0 Å². The highest BCUT2D eigenvalue weighted by Gasteiger charge is 2.25. The summed E-state index contributed by atoms with van der Waals surface area (Å²) in [5, 5.41) is 3.00. The third kappa shape index (κ3) is 4.07. The van der Waals surface area contributed by atoms with Gasteiger partial charge in [0, 0.05) is 12.0 Å². The summed E-state index contributed by atoms with van der Waals surface area (Å²) < 4.78 is 0. The lowest BCUT2D eigenvalue weighted by atomic mass is 9.82. The van der Waals surface area contributed by atoms with E-state index in [0.717, 1.165) is 6.42 Å². The molecule has 2 unspecified atom stereocenters. The molecule has 0 aliphatic rings. The average molecular weight is 276 g/mol. The SMILES string of the molecule is CCC(C)C(N)C(=O)NCC(C)(C)c1ccccc1C. The van der Waals surface area contributed by atoms with Crippen LogP contribution in [0.3, 0.4) is 0 Å². The summed E-state index contributed by atoms with van der Waals surface area (Å²) in [4.78, 5) is 12.1. The van der Waals surface area contributed by atoms with Gasteiger partial charge in [0.05, 0.1) is 6.04 Å². The van der Waals surface area contributed by atoms with Crippen LogP contribution >= 0.6 is 0 Å². The summed E-state index contributed by atoms with van der Waals surface area (Å²) in [6.07, 6.45) is 0.912. The van der Waals surface area contributed by atoms with Crippen LogP contribution in [-0.4, -0.2) is 18.5 Å². The van der Waals surface area contributed by atoms with Crippen LogP contribution in [0.2, 0.25) is 0 Å². The first-order valence-corrected chi connectivity index (χ1v) is 7.39. The molecule has 0 saturated heterocycles. The second-order valence-electron chi connectivity index (χ2n) is 6.33. The molecule has 0 saturated carbocycles. The predicted molar refractivity (Wildman–Crippen MR) is 84.6 cm³/mol. The third-order valence-corrected chi connectivity index (χ3v) is 4.14. The minimum Gasteiger partial charge on any atom is -0.354 e. The lowest BCUT2D eigenvalue weighted by Gasteiger charge is -2.28. The average Bonchev–Trinajstić information content (AvgIpc) is 2.43. The summed E-state index contributed by atoms with van der Waals surface area (Å²) in [7, 11) is 0. The van der Waals surface area contributed by atoms with E-state index < -0.39 is 6.04 Å². The quantitative estimate of drug-likeness (QED) is 0.839. The van der Waals surface area contributed by atoms with Crippen LogP contribution < -0.4 is 11.1 Å². The first-order chi connectivity index (χ1) is 9.29. The Kier molecular flexibility index (Phi) is 5.75. The number of carbonyl (C=O) groups is 1. The zero-order valence-corrected chi connectivity index (χ0v) is 13.4. The Balaban J connectivity index is 2.69. The Morgan fingerprint density at radius 1 is 1.35 bits per heavy atom. The molecule has 112 valence electrons. The molecule has 1 aromatic carbocycles. The van der Waals surface area contributed by atoms with Crippen molar-refractivity contribution in [2.75, 3.05) is 6.54 Å². The van der Waals surface area contributed by atoms with Gasteiger partial charge in [-0.3, -0.25) is 4.79 Å². The number of aryl methyl sites for hydroxylation is 1. The Bertz CT molecular complexity index is 454. The molecule has 20 heavy (non-hydrogen) atoms. The van der Waals surface area contributed by atoms with Crippen LogP contribution in [0.1, 0.15) is 45.2 Å². The number of hydrogen-bond donors (Lipinski definition) is 2. The van der Waals surface area contributed by atoms with Gasteiger partial charge in [-0.25, -0.2) is 0 Å². The molecule has 0 aliphatic carbocycles. The second kappa shape index (κ2) is 6.89. The highest BCUT2D eigenvalue weighted by molar-refractivity contribution is 5.81. The minimum atomic E-state index is -0.423. The molecule has 3 N–H and O–H groups in total. The number of hydrogen-bond acceptors (Lipinski definition) is 2. The van der Waals surface area contributed by atoms with E-state index in [1.165, 1.54) is 11.1 Å². The molecule has 1 aromatic rings. The molecule has 3 heteroatoms. The Morgan fingerprint density at radius 2 is 1.95 bits per heavy atom. The maximum absolute atomic E-state index is 12.1. The zero-order valence-electron chi connectivity index (χ0n) is 13.4. The van der Waals surface area contributed by atoms with Gasteiger partial charge in [-0.2, -0.15) is 0 Å². The summed E-state index contributed by atoms with van der Waals surface area (Å²) >= 11 is 0. The molecule has 2 atom stereocenters. The van der Waals surface area contributed by atoms with E-state index in [-0.39, 0.29) is 17.2 Å². The highest BCUT2D eigenvalue weighted by Crippen LogP contribution is 2.25. The van der Waals surface area contributed by atoms with Gasteiger partial charge in [-0.1, -0.05) is 58.4 Å². The highest BCUT2D eigenvalue weighted by atomic mass is 16.2. The normalized spacial score (nSPS) is 14.7. The van der Waals surface area contributed by atoms with Gasteiger partial charge in [-0.05, 0) is 24.0 Å². The number of nitrogens with two attached hydrogens (primary N) is 1. The molecule has 0 fully saturated rings. The number of carbonyl (C=O) groups excluding carboxylic acids is 1. The minimum absolute atomic E-state index is 0.0546. The van der Waals surface area contributed by atoms with Crippen molar-refractivity contribution in [2.45, 2.75) is 52.5 Å². The first-order valence-electron chi connectivity index (χ1n) is 7.39. The molecule has 0 aromatic heterocycles. The molecular weight excluding hydrogens is 248 g/mol. The van der Waals surface area contributed by atoms with Gasteiger partial charge < -0.3 is 11.1 Å². The Labute approximate surface area is 122 Å². The van der Waals surface area contributed by atoms with Gasteiger partial charge in [0.25, 0.3) is 0 Å². The fourth-order valence-electron chi connectivity index (χ4n) is 2.37. The summed E-state index contributed by atoms with van der Waals surface area (Å²) in [6.45, 7) is 11.0. The van der Waals surface area contributed by atoms with Crippen molar-refractivity contribution in [3.05, 3.63) is 35.4 Å².